The standard InChI is InChI=1S/C17H28O3/c1-5-20-17(19)12-16(13-18)11-7-10-15(4)9-6-8-14(2)3/h8,10,12,18H,5-7,9,11,13H2,1-4H3/b15-10+,16-12-. The predicted molar refractivity (Wildman–Crippen MR) is 83.5 cm³/mol. The van der Waals surface area contributed by atoms with Gasteiger partial charge in [0.15, 0.2) is 0 Å². The lowest BCUT2D eigenvalue weighted by molar-refractivity contribution is -0.137. The highest BCUT2D eigenvalue weighted by Gasteiger charge is 2.01. The average Bonchev–Trinajstić information content (AvgIpc) is 2.37. The molecule has 0 saturated carbocycles. The van der Waals surface area contributed by atoms with Gasteiger partial charge in [0.2, 0.25) is 0 Å². The summed E-state index contributed by atoms with van der Waals surface area (Å²) in [7, 11) is 0. The normalized spacial score (nSPS) is 12.2. The number of esters is 1. The molecule has 0 radical (unpaired) electrons. The van der Waals surface area contributed by atoms with Gasteiger partial charge in [0.25, 0.3) is 0 Å². The molecule has 0 aromatic heterocycles. The molecule has 0 fully saturated rings. The van der Waals surface area contributed by atoms with Gasteiger partial charge in [-0.05, 0) is 59.0 Å². The summed E-state index contributed by atoms with van der Waals surface area (Å²) in [6.07, 6.45) is 9.46. The minimum absolute atomic E-state index is 0.0938. The van der Waals surface area contributed by atoms with Crippen LogP contribution in [0, 0.1) is 0 Å². The molecule has 0 heterocycles. The smallest absolute Gasteiger partial charge is 0.330 e. The molecule has 0 rings (SSSR count). The van der Waals surface area contributed by atoms with E-state index in [0.717, 1.165) is 24.8 Å². The molecule has 0 amide bonds. The van der Waals surface area contributed by atoms with Gasteiger partial charge in [-0.2, -0.15) is 0 Å². The largest absolute Gasteiger partial charge is 0.463 e. The topological polar surface area (TPSA) is 46.5 Å². The van der Waals surface area contributed by atoms with E-state index in [1.807, 2.05) is 0 Å². The van der Waals surface area contributed by atoms with E-state index in [9.17, 15) is 9.90 Å². The third-order valence-electron chi connectivity index (χ3n) is 2.86. The molecule has 0 aromatic carbocycles. The van der Waals surface area contributed by atoms with Crippen LogP contribution in [0.1, 0.15) is 53.4 Å². The minimum Gasteiger partial charge on any atom is -0.463 e. The van der Waals surface area contributed by atoms with Gasteiger partial charge >= 0.3 is 5.97 Å². The number of hydrogen-bond donors (Lipinski definition) is 1. The molecule has 3 nitrogen and oxygen atoms in total. The zero-order chi connectivity index (χ0) is 15.4. The van der Waals surface area contributed by atoms with Crippen molar-refractivity contribution in [1.82, 2.24) is 0 Å². The fraction of sp³-hybridized carbons (Fsp3) is 0.588. The number of ether oxygens (including phenoxy) is 1. The maximum absolute atomic E-state index is 11.3. The summed E-state index contributed by atoms with van der Waals surface area (Å²) in [6, 6.07) is 0. The van der Waals surface area contributed by atoms with Crippen molar-refractivity contribution in [2.24, 2.45) is 0 Å². The van der Waals surface area contributed by atoms with Crippen LogP contribution in [0.2, 0.25) is 0 Å². The van der Waals surface area contributed by atoms with Gasteiger partial charge in [0.05, 0.1) is 13.2 Å². The summed E-state index contributed by atoms with van der Waals surface area (Å²) >= 11 is 0. The number of rotatable bonds is 9. The highest BCUT2D eigenvalue weighted by molar-refractivity contribution is 5.82. The van der Waals surface area contributed by atoms with Crippen LogP contribution in [0.3, 0.4) is 0 Å². The van der Waals surface area contributed by atoms with Gasteiger partial charge in [-0.25, -0.2) is 4.79 Å². The van der Waals surface area contributed by atoms with Gasteiger partial charge in [-0.3, -0.25) is 0 Å². The number of allylic oxidation sites excluding steroid dienone is 4. The van der Waals surface area contributed by atoms with Crippen LogP contribution >= 0.6 is 0 Å². The minimum atomic E-state index is -0.374. The third kappa shape index (κ3) is 10.6. The first kappa shape index (κ1) is 18.7. The van der Waals surface area contributed by atoms with Gasteiger partial charge < -0.3 is 9.84 Å². The molecule has 0 aliphatic rings. The van der Waals surface area contributed by atoms with Crippen molar-refractivity contribution in [2.45, 2.75) is 53.4 Å². The SMILES string of the molecule is CCOC(=O)/C=C(\CO)CC/C=C(\C)CCC=C(C)C. The second-order valence-corrected chi connectivity index (χ2v) is 5.12. The van der Waals surface area contributed by atoms with Crippen molar-refractivity contribution in [3.05, 3.63) is 34.9 Å². The molecule has 0 aliphatic heterocycles. The van der Waals surface area contributed by atoms with Crippen molar-refractivity contribution >= 4 is 5.97 Å². The van der Waals surface area contributed by atoms with Crippen LogP contribution in [0.25, 0.3) is 0 Å². The molecule has 0 unspecified atom stereocenters. The Morgan fingerprint density at radius 1 is 1.10 bits per heavy atom. The predicted octanol–water partition coefficient (Wildman–Crippen LogP) is 3.94. The quantitative estimate of drug-likeness (QED) is 0.395. The van der Waals surface area contributed by atoms with E-state index in [-0.39, 0.29) is 12.6 Å². The fourth-order valence-corrected chi connectivity index (χ4v) is 1.74. The molecular weight excluding hydrogens is 252 g/mol. The fourth-order valence-electron chi connectivity index (χ4n) is 1.74. The molecule has 0 aromatic rings. The summed E-state index contributed by atoms with van der Waals surface area (Å²) in [5.41, 5.74) is 3.41. The van der Waals surface area contributed by atoms with Crippen molar-refractivity contribution in [2.75, 3.05) is 13.2 Å². The first-order chi connectivity index (χ1) is 9.49. The maximum Gasteiger partial charge on any atom is 0.330 e. The Morgan fingerprint density at radius 3 is 2.30 bits per heavy atom. The lowest BCUT2D eigenvalue weighted by Crippen LogP contribution is -2.03. The summed E-state index contributed by atoms with van der Waals surface area (Å²) < 4.78 is 4.83. The van der Waals surface area contributed by atoms with Gasteiger partial charge in [-0.1, -0.05) is 23.3 Å². The van der Waals surface area contributed by atoms with E-state index >= 15 is 0 Å². The van der Waals surface area contributed by atoms with Crippen LogP contribution in [-0.4, -0.2) is 24.3 Å². The molecule has 114 valence electrons. The van der Waals surface area contributed by atoms with E-state index < -0.39 is 0 Å². The van der Waals surface area contributed by atoms with E-state index in [1.54, 1.807) is 6.92 Å². The number of aliphatic hydroxyl groups is 1. The Hall–Kier alpha value is -1.35. The van der Waals surface area contributed by atoms with Crippen LogP contribution in [0.15, 0.2) is 34.9 Å². The van der Waals surface area contributed by atoms with Crippen LogP contribution in [0.4, 0.5) is 0 Å². The highest BCUT2D eigenvalue weighted by Crippen LogP contribution is 2.11. The molecule has 3 heteroatoms. The monoisotopic (exact) mass is 280 g/mol. The number of hydrogen-bond acceptors (Lipinski definition) is 3. The molecule has 0 aliphatic carbocycles. The average molecular weight is 280 g/mol. The lowest BCUT2D eigenvalue weighted by atomic mass is 10.1. The van der Waals surface area contributed by atoms with E-state index in [4.69, 9.17) is 4.74 Å². The van der Waals surface area contributed by atoms with Gasteiger partial charge in [0, 0.05) is 6.08 Å². The van der Waals surface area contributed by atoms with Crippen LogP contribution in [0.5, 0.6) is 0 Å². The van der Waals surface area contributed by atoms with Crippen LogP contribution < -0.4 is 0 Å². The van der Waals surface area contributed by atoms with Crippen LogP contribution in [-0.2, 0) is 9.53 Å². The first-order valence-electron chi connectivity index (χ1n) is 7.25. The maximum atomic E-state index is 11.3. The number of carbonyl (C=O) groups excluding carboxylic acids is 1. The Kier molecular flexibility index (Phi) is 10.7. The first-order valence-corrected chi connectivity index (χ1v) is 7.25. The Labute approximate surface area is 123 Å². The molecule has 20 heavy (non-hydrogen) atoms. The molecule has 1 N–H and O–H groups in total. The second-order valence-electron chi connectivity index (χ2n) is 5.12. The van der Waals surface area contributed by atoms with Gasteiger partial charge in [0.1, 0.15) is 0 Å². The van der Waals surface area contributed by atoms with Crippen molar-refractivity contribution < 1.29 is 14.6 Å². The molecule has 0 saturated heterocycles. The van der Waals surface area contributed by atoms with E-state index in [0.29, 0.717) is 13.0 Å². The molecule has 0 bridgehead atoms. The molecule has 0 atom stereocenters. The summed E-state index contributed by atoms with van der Waals surface area (Å²) in [5, 5.41) is 9.21. The third-order valence-corrected chi connectivity index (χ3v) is 2.86. The second kappa shape index (κ2) is 11.5. The zero-order valence-corrected chi connectivity index (χ0v) is 13.2. The summed E-state index contributed by atoms with van der Waals surface area (Å²) in [4.78, 5) is 11.3. The van der Waals surface area contributed by atoms with Gasteiger partial charge in [-0.15, -0.1) is 0 Å². The zero-order valence-electron chi connectivity index (χ0n) is 13.2. The van der Waals surface area contributed by atoms with E-state index in [2.05, 4.69) is 32.9 Å². The number of carbonyl (C=O) groups is 1. The van der Waals surface area contributed by atoms with Crippen molar-refractivity contribution in [1.29, 1.82) is 0 Å². The summed E-state index contributed by atoms with van der Waals surface area (Å²) in [5.74, 6) is -0.374. The Bertz CT molecular complexity index is 372. The molecule has 0 spiro atoms. The summed E-state index contributed by atoms with van der Waals surface area (Å²) in [6.45, 7) is 8.36. The molecular formula is C17H28O3. The van der Waals surface area contributed by atoms with Crippen molar-refractivity contribution in [3.63, 3.8) is 0 Å². The highest BCUT2D eigenvalue weighted by atomic mass is 16.5. The van der Waals surface area contributed by atoms with Crippen molar-refractivity contribution in [3.8, 4) is 0 Å². The number of aliphatic hydroxyl groups excluding tert-OH is 1. The lowest BCUT2D eigenvalue weighted by Gasteiger charge is -2.03. The van der Waals surface area contributed by atoms with E-state index in [1.165, 1.54) is 17.2 Å². The Morgan fingerprint density at radius 2 is 1.75 bits per heavy atom. The Balaban J connectivity index is 4.17.